The second kappa shape index (κ2) is 10.5. The first-order chi connectivity index (χ1) is 13.9. The van der Waals surface area contributed by atoms with Gasteiger partial charge in [0.25, 0.3) is 17.5 Å². The zero-order valence-corrected chi connectivity index (χ0v) is 15.9. The number of carbonyl (C=O) groups excluding carboxylic acids is 3. The van der Waals surface area contributed by atoms with Crippen molar-refractivity contribution in [2.24, 2.45) is 0 Å². The second-order valence-corrected chi connectivity index (χ2v) is 6.16. The molecule has 0 aliphatic heterocycles. The van der Waals surface area contributed by atoms with E-state index in [9.17, 15) is 24.5 Å². The SMILES string of the molecule is CCCC(=O)Nc1ccc(C(=O)NCCNC(=O)c2ccccc2[N+](=O)[O-])cc1. The van der Waals surface area contributed by atoms with E-state index in [1.807, 2.05) is 6.92 Å². The zero-order valence-electron chi connectivity index (χ0n) is 15.9. The molecule has 152 valence electrons. The Morgan fingerprint density at radius 1 is 0.931 bits per heavy atom. The summed E-state index contributed by atoms with van der Waals surface area (Å²) in [6.07, 6.45) is 1.18. The summed E-state index contributed by atoms with van der Waals surface area (Å²) in [6.45, 7) is 2.18. The molecule has 2 aromatic carbocycles. The van der Waals surface area contributed by atoms with Crippen molar-refractivity contribution in [1.29, 1.82) is 0 Å². The van der Waals surface area contributed by atoms with Crippen LogP contribution >= 0.6 is 0 Å². The van der Waals surface area contributed by atoms with E-state index in [-0.39, 0.29) is 36.2 Å². The van der Waals surface area contributed by atoms with E-state index in [1.165, 1.54) is 24.3 Å². The molecule has 0 aliphatic carbocycles. The molecule has 0 bridgehead atoms. The van der Waals surface area contributed by atoms with Gasteiger partial charge in [-0.1, -0.05) is 19.1 Å². The predicted octanol–water partition coefficient (Wildman–Crippen LogP) is 2.49. The average Bonchev–Trinajstić information content (AvgIpc) is 2.71. The van der Waals surface area contributed by atoms with Gasteiger partial charge in [-0.05, 0) is 36.8 Å². The van der Waals surface area contributed by atoms with Crippen molar-refractivity contribution in [1.82, 2.24) is 10.6 Å². The molecule has 9 heteroatoms. The highest BCUT2D eigenvalue weighted by Crippen LogP contribution is 2.17. The number of carbonyl (C=O) groups is 3. The summed E-state index contributed by atoms with van der Waals surface area (Å²) in [5.74, 6) is -1.01. The van der Waals surface area contributed by atoms with Gasteiger partial charge in [-0.15, -0.1) is 0 Å². The minimum Gasteiger partial charge on any atom is -0.350 e. The standard InChI is InChI=1S/C20H22N4O5/c1-2-5-18(25)23-15-10-8-14(9-11-15)19(26)21-12-13-22-20(27)16-6-3-4-7-17(16)24(28)29/h3-4,6-11H,2,5,12-13H2,1H3,(H,21,26)(H,22,27)(H,23,25). The van der Waals surface area contributed by atoms with Gasteiger partial charge in [0, 0.05) is 36.8 Å². The van der Waals surface area contributed by atoms with Crippen molar-refractivity contribution < 1.29 is 19.3 Å². The maximum absolute atomic E-state index is 12.1. The molecule has 0 aliphatic rings. The number of para-hydroxylation sites is 1. The Morgan fingerprint density at radius 2 is 1.55 bits per heavy atom. The molecular formula is C20H22N4O5. The van der Waals surface area contributed by atoms with Crippen molar-refractivity contribution in [2.75, 3.05) is 18.4 Å². The van der Waals surface area contributed by atoms with Crippen molar-refractivity contribution in [3.63, 3.8) is 0 Å². The number of hydrogen-bond donors (Lipinski definition) is 3. The third-order valence-electron chi connectivity index (χ3n) is 3.95. The van der Waals surface area contributed by atoms with Crippen LogP contribution in [0.15, 0.2) is 48.5 Å². The van der Waals surface area contributed by atoms with Crippen molar-refractivity contribution in [3.8, 4) is 0 Å². The number of anilines is 1. The van der Waals surface area contributed by atoms with Crippen LogP contribution in [-0.4, -0.2) is 35.7 Å². The number of rotatable bonds is 9. The summed E-state index contributed by atoms with van der Waals surface area (Å²) < 4.78 is 0. The first-order valence-corrected chi connectivity index (χ1v) is 9.12. The highest BCUT2D eigenvalue weighted by molar-refractivity contribution is 5.98. The van der Waals surface area contributed by atoms with Crippen LogP contribution in [0, 0.1) is 10.1 Å². The fraction of sp³-hybridized carbons (Fsp3) is 0.250. The van der Waals surface area contributed by atoms with Gasteiger partial charge in [0.1, 0.15) is 5.56 Å². The highest BCUT2D eigenvalue weighted by Gasteiger charge is 2.18. The summed E-state index contributed by atoms with van der Waals surface area (Å²) in [7, 11) is 0. The lowest BCUT2D eigenvalue weighted by molar-refractivity contribution is -0.385. The summed E-state index contributed by atoms with van der Waals surface area (Å²) in [5.41, 5.74) is 0.699. The van der Waals surface area contributed by atoms with Gasteiger partial charge in [0.05, 0.1) is 4.92 Å². The topological polar surface area (TPSA) is 130 Å². The molecule has 0 saturated heterocycles. The number of nitrogens with one attached hydrogen (secondary N) is 3. The smallest absolute Gasteiger partial charge is 0.282 e. The zero-order chi connectivity index (χ0) is 21.2. The highest BCUT2D eigenvalue weighted by atomic mass is 16.6. The van der Waals surface area contributed by atoms with E-state index in [0.717, 1.165) is 6.42 Å². The van der Waals surface area contributed by atoms with Crippen LogP contribution in [0.5, 0.6) is 0 Å². The number of hydrogen-bond acceptors (Lipinski definition) is 5. The van der Waals surface area contributed by atoms with E-state index in [4.69, 9.17) is 0 Å². The molecule has 0 radical (unpaired) electrons. The van der Waals surface area contributed by atoms with E-state index in [2.05, 4.69) is 16.0 Å². The Kier molecular flexibility index (Phi) is 7.84. The lowest BCUT2D eigenvalue weighted by Gasteiger charge is -2.08. The van der Waals surface area contributed by atoms with Crippen LogP contribution in [0.1, 0.15) is 40.5 Å². The van der Waals surface area contributed by atoms with Gasteiger partial charge in [0.15, 0.2) is 0 Å². The number of nitro benzene ring substituents is 1. The average molecular weight is 398 g/mol. The third-order valence-corrected chi connectivity index (χ3v) is 3.95. The van der Waals surface area contributed by atoms with Crippen molar-refractivity contribution in [2.45, 2.75) is 19.8 Å². The van der Waals surface area contributed by atoms with E-state index < -0.39 is 10.8 Å². The maximum Gasteiger partial charge on any atom is 0.282 e. The van der Waals surface area contributed by atoms with Crippen molar-refractivity contribution >= 4 is 29.1 Å². The van der Waals surface area contributed by atoms with Crippen molar-refractivity contribution in [3.05, 3.63) is 69.8 Å². The van der Waals surface area contributed by atoms with Crippen LogP contribution in [0.25, 0.3) is 0 Å². The van der Waals surface area contributed by atoms with Crippen LogP contribution in [0.3, 0.4) is 0 Å². The fourth-order valence-electron chi connectivity index (χ4n) is 2.53. The Labute approximate surface area is 167 Å². The van der Waals surface area contributed by atoms with Crippen LogP contribution in [0.4, 0.5) is 11.4 Å². The first-order valence-electron chi connectivity index (χ1n) is 9.12. The molecule has 2 rings (SSSR count). The maximum atomic E-state index is 12.1. The fourth-order valence-corrected chi connectivity index (χ4v) is 2.53. The minimum absolute atomic E-state index is 0.0375. The normalized spacial score (nSPS) is 10.1. The molecule has 29 heavy (non-hydrogen) atoms. The monoisotopic (exact) mass is 398 g/mol. The number of nitrogens with zero attached hydrogens (tertiary/aromatic N) is 1. The quantitative estimate of drug-likeness (QED) is 0.339. The van der Waals surface area contributed by atoms with Crippen LogP contribution < -0.4 is 16.0 Å². The summed E-state index contributed by atoms with van der Waals surface area (Å²) in [5, 5.41) is 18.9. The largest absolute Gasteiger partial charge is 0.350 e. The summed E-state index contributed by atoms with van der Waals surface area (Å²) >= 11 is 0. The van der Waals surface area contributed by atoms with E-state index >= 15 is 0 Å². The molecular weight excluding hydrogens is 376 g/mol. The molecule has 3 amide bonds. The van der Waals surface area contributed by atoms with E-state index in [0.29, 0.717) is 17.7 Å². The molecule has 0 heterocycles. The predicted molar refractivity (Wildman–Crippen MR) is 108 cm³/mol. The number of nitro groups is 1. The molecule has 0 atom stereocenters. The molecule has 0 saturated carbocycles. The Bertz CT molecular complexity index is 896. The van der Waals surface area contributed by atoms with Gasteiger partial charge in [0.2, 0.25) is 5.91 Å². The molecule has 2 aromatic rings. The van der Waals surface area contributed by atoms with Gasteiger partial charge in [-0.3, -0.25) is 24.5 Å². The van der Waals surface area contributed by atoms with Gasteiger partial charge in [-0.2, -0.15) is 0 Å². The van der Waals surface area contributed by atoms with Crippen LogP contribution in [-0.2, 0) is 4.79 Å². The molecule has 0 unspecified atom stereocenters. The summed E-state index contributed by atoms with van der Waals surface area (Å²) in [6, 6.07) is 12.1. The molecule has 0 spiro atoms. The first kappa shape index (κ1) is 21.5. The van der Waals surface area contributed by atoms with Crippen LogP contribution in [0.2, 0.25) is 0 Å². The van der Waals surface area contributed by atoms with Gasteiger partial charge < -0.3 is 16.0 Å². The van der Waals surface area contributed by atoms with Gasteiger partial charge in [-0.25, -0.2) is 0 Å². The number of benzene rings is 2. The van der Waals surface area contributed by atoms with E-state index in [1.54, 1.807) is 24.3 Å². The molecule has 0 fully saturated rings. The number of amides is 3. The lowest BCUT2D eigenvalue weighted by Crippen LogP contribution is -2.34. The Balaban J connectivity index is 1.80. The Morgan fingerprint density at radius 3 is 2.17 bits per heavy atom. The van der Waals surface area contributed by atoms with Gasteiger partial charge >= 0.3 is 0 Å². The molecule has 0 aromatic heterocycles. The summed E-state index contributed by atoms with van der Waals surface area (Å²) in [4.78, 5) is 46.1. The molecule has 3 N–H and O–H groups in total. The lowest BCUT2D eigenvalue weighted by atomic mass is 10.1. The second-order valence-electron chi connectivity index (χ2n) is 6.16. The minimum atomic E-state index is -0.620. The third kappa shape index (κ3) is 6.42. The molecule has 9 nitrogen and oxygen atoms in total. The Hall–Kier alpha value is -3.75.